The van der Waals surface area contributed by atoms with Gasteiger partial charge in [-0.3, -0.25) is 4.40 Å². The molecule has 0 bridgehead atoms. The third kappa shape index (κ3) is 2.22. The first-order valence-corrected chi connectivity index (χ1v) is 7.03. The van der Waals surface area contributed by atoms with Gasteiger partial charge in [-0.2, -0.15) is 21.6 Å². The van der Waals surface area contributed by atoms with Gasteiger partial charge in [-0.1, -0.05) is 0 Å². The molecule has 0 aliphatic rings. The van der Waals surface area contributed by atoms with E-state index in [9.17, 15) is 26.0 Å². The second kappa shape index (κ2) is 4.53. The third-order valence-corrected chi connectivity index (χ3v) is 3.67. The molecule has 0 radical (unpaired) electrons. The lowest BCUT2D eigenvalue weighted by molar-refractivity contribution is -0.0500. The first-order valence-electron chi connectivity index (χ1n) is 5.62. The Labute approximate surface area is 120 Å². The SMILES string of the molecule is O=S(=O)(Oc1nc2ccc(F)cc2n2ccnc12)C(F)(F)F. The van der Waals surface area contributed by atoms with Gasteiger partial charge in [0, 0.05) is 18.5 Å². The first kappa shape index (κ1) is 14.5. The molecular formula is C11H5F4N3O3S. The summed E-state index contributed by atoms with van der Waals surface area (Å²) in [6, 6.07) is 3.29. The van der Waals surface area contributed by atoms with Crippen LogP contribution in [0.15, 0.2) is 30.6 Å². The molecule has 0 atom stereocenters. The Hall–Kier alpha value is -2.43. The molecule has 0 spiro atoms. The largest absolute Gasteiger partial charge is 0.534 e. The Morgan fingerprint density at radius 2 is 1.95 bits per heavy atom. The van der Waals surface area contributed by atoms with Crippen molar-refractivity contribution in [1.29, 1.82) is 0 Å². The third-order valence-electron chi connectivity index (χ3n) is 2.72. The van der Waals surface area contributed by atoms with E-state index in [0.29, 0.717) is 0 Å². The van der Waals surface area contributed by atoms with Gasteiger partial charge in [0.05, 0.1) is 11.0 Å². The topological polar surface area (TPSA) is 73.6 Å². The molecule has 116 valence electrons. The van der Waals surface area contributed by atoms with E-state index in [1.165, 1.54) is 22.9 Å². The molecule has 0 unspecified atom stereocenters. The highest BCUT2D eigenvalue weighted by Gasteiger charge is 2.49. The van der Waals surface area contributed by atoms with E-state index in [2.05, 4.69) is 14.2 Å². The summed E-state index contributed by atoms with van der Waals surface area (Å²) < 4.78 is 77.8. The maximum absolute atomic E-state index is 13.3. The van der Waals surface area contributed by atoms with Crippen molar-refractivity contribution in [3.63, 3.8) is 0 Å². The number of rotatable bonds is 2. The van der Waals surface area contributed by atoms with Crippen LogP contribution in [-0.2, 0) is 10.1 Å². The van der Waals surface area contributed by atoms with Crippen LogP contribution in [0.3, 0.4) is 0 Å². The van der Waals surface area contributed by atoms with Crippen LogP contribution in [0.1, 0.15) is 0 Å². The summed E-state index contributed by atoms with van der Waals surface area (Å²) in [6.07, 6.45) is 2.50. The summed E-state index contributed by atoms with van der Waals surface area (Å²) in [5.74, 6) is -1.44. The van der Waals surface area contributed by atoms with E-state index in [-0.39, 0.29) is 16.7 Å². The Kier molecular flexibility index (Phi) is 2.99. The van der Waals surface area contributed by atoms with Crippen LogP contribution in [0.2, 0.25) is 0 Å². The zero-order valence-electron chi connectivity index (χ0n) is 10.4. The van der Waals surface area contributed by atoms with Crippen LogP contribution >= 0.6 is 0 Å². The van der Waals surface area contributed by atoms with Crippen molar-refractivity contribution in [2.75, 3.05) is 0 Å². The minimum atomic E-state index is -5.89. The smallest absolute Gasteiger partial charge is 0.351 e. The fraction of sp³-hybridized carbons (Fsp3) is 0.0909. The number of nitrogens with zero attached hydrogens (tertiary/aromatic N) is 3. The van der Waals surface area contributed by atoms with Crippen LogP contribution in [0, 0.1) is 5.82 Å². The molecule has 3 aromatic rings. The van der Waals surface area contributed by atoms with Gasteiger partial charge in [-0.05, 0) is 12.1 Å². The second-order valence-corrected chi connectivity index (χ2v) is 5.69. The van der Waals surface area contributed by atoms with Crippen molar-refractivity contribution in [3.8, 4) is 5.88 Å². The highest BCUT2D eigenvalue weighted by Crippen LogP contribution is 2.29. The van der Waals surface area contributed by atoms with Crippen molar-refractivity contribution < 1.29 is 30.2 Å². The number of aromatic nitrogens is 3. The molecule has 0 saturated heterocycles. The van der Waals surface area contributed by atoms with Crippen molar-refractivity contribution in [2.24, 2.45) is 0 Å². The molecule has 0 saturated carbocycles. The van der Waals surface area contributed by atoms with Crippen molar-refractivity contribution in [2.45, 2.75) is 5.51 Å². The average Bonchev–Trinajstić information content (AvgIpc) is 2.87. The van der Waals surface area contributed by atoms with Gasteiger partial charge in [0.15, 0.2) is 0 Å². The molecule has 3 rings (SSSR count). The number of fused-ring (bicyclic) bond motifs is 3. The normalized spacial score (nSPS) is 12.9. The highest BCUT2D eigenvalue weighted by molar-refractivity contribution is 7.88. The summed E-state index contributed by atoms with van der Waals surface area (Å²) in [7, 11) is -5.89. The van der Waals surface area contributed by atoms with Crippen LogP contribution in [-0.4, -0.2) is 28.3 Å². The summed E-state index contributed by atoms with van der Waals surface area (Å²) in [6.45, 7) is 0. The molecule has 2 aromatic heterocycles. The molecule has 0 amide bonds. The van der Waals surface area contributed by atoms with Crippen LogP contribution in [0.25, 0.3) is 16.7 Å². The molecule has 0 N–H and O–H groups in total. The molecule has 0 aliphatic heterocycles. The maximum atomic E-state index is 13.3. The van der Waals surface area contributed by atoms with Crippen molar-refractivity contribution in [3.05, 3.63) is 36.4 Å². The zero-order chi connectivity index (χ0) is 16.1. The highest BCUT2D eigenvalue weighted by atomic mass is 32.2. The number of halogens is 4. The fourth-order valence-corrected chi connectivity index (χ4v) is 2.22. The molecule has 22 heavy (non-hydrogen) atoms. The average molecular weight is 335 g/mol. The Morgan fingerprint density at radius 1 is 1.23 bits per heavy atom. The van der Waals surface area contributed by atoms with Gasteiger partial charge in [-0.15, -0.1) is 0 Å². The Bertz CT molecular complexity index is 981. The summed E-state index contributed by atoms with van der Waals surface area (Å²) in [5, 5.41) is 0. The molecule has 0 fully saturated rings. The number of alkyl halides is 3. The van der Waals surface area contributed by atoms with Crippen LogP contribution < -0.4 is 4.18 Å². The van der Waals surface area contributed by atoms with E-state index < -0.39 is 27.3 Å². The van der Waals surface area contributed by atoms with Gasteiger partial charge in [0.2, 0.25) is 5.65 Å². The fourth-order valence-electron chi connectivity index (χ4n) is 1.81. The number of hydrogen-bond donors (Lipinski definition) is 0. The molecule has 1 aromatic carbocycles. The zero-order valence-corrected chi connectivity index (χ0v) is 11.2. The standard InChI is InChI=1S/C11H5F4N3O3S/c12-6-1-2-7-8(5-6)18-4-3-16-9(18)10(17-7)21-22(19,20)11(13,14)15/h1-5H. The van der Waals surface area contributed by atoms with E-state index in [0.717, 1.165) is 12.1 Å². The van der Waals surface area contributed by atoms with E-state index in [4.69, 9.17) is 0 Å². The van der Waals surface area contributed by atoms with Crippen molar-refractivity contribution in [1.82, 2.24) is 14.4 Å². The minimum Gasteiger partial charge on any atom is -0.351 e. The van der Waals surface area contributed by atoms with Crippen molar-refractivity contribution >= 4 is 26.8 Å². The lowest BCUT2D eigenvalue weighted by Crippen LogP contribution is -2.28. The van der Waals surface area contributed by atoms with Crippen LogP contribution in [0.4, 0.5) is 17.6 Å². The first-order chi connectivity index (χ1) is 10.2. The molecule has 11 heteroatoms. The Morgan fingerprint density at radius 3 is 2.64 bits per heavy atom. The predicted octanol–water partition coefficient (Wildman–Crippen LogP) is 2.25. The van der Waals surface area contributed by atoms with Gasteiger partial charge >= 0.3 is 15.6 Å². The van der Waals surface area contributed by atoms with E-state index >= 15 is 0 Å². The predicted molar refractivity (Wildman–Crippen MR) is 66.1 cm³/mol. The van der Waals surface area contributed by atoms with Crippen LogP contribution in [0.5, 0.6) is 5.88 Å². The van der Waals surface area contributed by atoms with Gasteiger partial charge in [-0.25, -0.2) is 14.4 Å². The maximum Gasteiger partial charge on any atom is 0.534 e. The molecule has 0 aliphatic carbocycles. The minimum absolute atomic E-state index is 0.0410. The molecule has 6 nitrogen and oxygen atoms in total. The quantitative estimate of drug-likeness (QED) is 0.408. The van der Waals surface area contributed by atoms with E-state index in [1.54, 1.807) is 0 Å². The lowest BCUT2D eigenvalue weighted by Gasteiger charge is -2.10. The second-order valence-electron chi connectivity index (χ2n) is 4.15. The molecular weight excluding hydrogens is 330 g/mol. The van der Waals surface area contributed by atoms with Gasteiger partial charge < -0.3 is 4.18 Å². The Balaban J connectivity index is 2.26. The van der Waals surface area contributed by atoms with Gasteiger partial charge in [0.1, 0.15) is 5.82 Å². The lowest BCUT2D eigenvalue weighted by atomic mass is 10.3. The number of benzene rings is 1. The number of imidazole rings is 1. The summed E-state index contributed by atoms with van der Waals surface area (Å²) >= 11 is 0. The summed E-state index contributed by atoms with van der Waals surface area (Å²) in [4.78, 5) is 7.35. The summed E-state index contributed by atoms with van der Waals surface area (Å²) in [5.41, 5.74) is -5.65. The van der Waals surface area contributed by atoms with E-state index in [1.807, 2.05) is 0 Å². The molecule has 2 heterocycles. The number of hydrogen-bond acceptors (Lipinski definition) is 5. The monoisotopic (exact) mass is 335 g/mol. The van der Waals surface area contributed by atoms with Gasteiger partial charge in [0.25, 0.3) is 5.88 Å².